The van der Waals surface area contributed by atoms with E-state index in [1.165, 1.54) is 7.11 Å². The van der Waals surface area contributed by atoms with Gasteiger partial charge in [0.1, 0.15) is 5.75 Å². The summed E-state index contributed by atoms with van der Waals surface area (Å²) in [4.78, 5) is 23.4. The fourth-order valence-corrected chi connectivity index (χ4v) is 2.31. The molecule has 2 N–H and O–H groups in total. The van der Waals surface area contributed by atoms with Gasteiger partial charge in [-0.15, -0.1) is 0 Å². The van der Waals surface area contributed by atoms with Crippen LogP contribution in [0.15, 0.2) is 54.1 Å². The number of fused-ring (bicyclic) bond motifs is 1. The molecule has 0 spiro atoms. The molecule has 0 aliphatic carbocycles. The number of nitrogens with one attached hydrogen (secondary N) is 2. The van der Waals surface area contributed by atoms with Crippen LogP contribution in [-0.4, -0.2) is 25.7 Å². The smallest absolute Gasteiger partial charge is 0.437 e. The second kappa shape index (κ2) is 6.87. The largest absolute Gasteiger partial charge is 0.513 e. The minimum atomic E-state index is -0.788. The zero-order valence-electron chi connectivity index (χ0n) is 13.0. The number of rotatable bonds is 3. The van der Waals surface area contributed by atoms with Gasteiger partial charge < -0.3 is 20.1 Å². The molecule has 0 unspecified atom stereocenters. The summed E-state index contributed by atoms with van der Waals surface area (Å²) < 4.78 is 9.30. The lowest BCUT2D eigenvalue weighted by Gasteiger charge is -2.18. The maximum absolute atomic E-state index is 12.4. The molecule has 2 aromatic carbocycles. The van der Waals surface area contributed by atoms with Crippen LogP contribution >= 0.6 is 0 Å². The van der Waals surface area contributed by atoms with E-state index in [-0.39, 0.29) is 5.91 Å². The van der Waals surface area contributed by atoms with E-state index in [1.54, 1.807) is 24.3 Å². The van der Waals surface area contributed by atoms with Crippen molar-refractivity contribution in [1.29, 1.82) is 0 Å². The highest BCUT2D eigenvalue weighted by molar-refractivity contribution is 6.08. The SMILES string of the molecule is COC(=O)Oc1ccc(NC(=O)C2=Cc3ccccc3NC2)cc1. The second-order valence-corrected chi connectivity index (χ2v) is 5.15. The van der Waals surface area contributed by atoms with Crippen molar-refractivity contribution >= 4 is 29.5 Å². The van der Waals surface area contributed by atoms with Crippen molar-refractivity contribution in [2.45, 2.75) is 0 Å². The van der Waals surface area contributed by atoms with Gasteiger partial charge in [-0.25, -0.2) is 4.79 Å². The third-order valence-corrected chi connectivity index (χ3v) is 3.53. The van der Waals surface area contributed by atoms with Gasteiger partial charge in [-0.3, -0.25) is 4.79 Å². The number of carbonyl (C=O) groups is 2. The summed E-state index contributed by atoms with van der Waals surface area (Å²) in [7, 11) is 1.24. The van der Waals surface area contributed by atoms with E-state index in [0.29, 0.717) is 23.6 Å². The molecule has 1 aliphatic rings. The van der Waals surface area contributed by atoms with Crippen LogP contribution in [0.4, 0.5) is 16.2 Å². The van der Waals surface area contributed by atoms with Crippen LogP contribution in [-0.2, 0) is 9.53 Å². The Balaban J connectivity index is 1.67. The van der Waals surface area contributed by atoms with Gasteiger partial charge in [-0.2, -0.15) is 0 Å². The van der Waals surface area contributed by atoms with Crippen molar-refractivity contribution in [3.05, 3.63) is 59.7 Å². The standard InChI is InChI=1S/C18H16N2O4/c1-23-18(22)24-15-8-6-14(7-9-15)20-17(21)13-10-12-4-2-3-5-16(12)19-11-13/h2-10,19H,11H2,1H3,(H,20,21). The van der Waals surface area contributed by atoms with Gasteiger partial charge in [0, 0.05) is 23.5 Å². The third kappa shape index (κ3) is 3.55. The molecular formula is C18H16N2O4. The fourth-order valence-electron chi connectivity index (χ4n) is 2.31. The predicted octanol–water partition coefficient (Wildman–Crippen LogP) is 3.28. The molecule has 0 saturated heterocycles. The molecule has 1 aliphatic heterocycles. The molecule has 0 atom stereocenters. The van der Waals surface area contributed by atoms with Crippen molar-refractivity contribution in [2.75, 3.05) is 24.3 Å². The van der Waals surface area contributed by atoms with Crippen LogP contribution in [0.5, 0.6) is 5.75 Å². The first-order chi connectivity index (χ1) is 11.7. The van der Waals surface area contributed by atoms with E-state index in [9.17, 15) is 9.59 Å². The van der Waals surface area contributed by atoms with Crippen LogP contribution in [0, 0.1) is 0 Å². The number of carbonyl (C=O) groups excluding carboxylic acids is 2. The quantitative estimate of drug-likeness (QED) is 0.669. The van der Waals surface area contributed by atoms with Gasteiger partial charge in [-0.1, -0.05) is 18.2 Å². The monoisotopic (exact) mass is 324 g/mol. The van der Waals surface area contributed by atoms with Crippen molar-refractivity contribution < 1.29 is 19.1 Å². The molecule has 1 heterocycles. The van der Waals surface area contributed by atoms with E-state index >= 15 is 0 Å². The van der Waals surface area contributed by atoms with Gasteiger partial charge in [-0.05, 0) is 42.0 Å². The Labute approximate surface area is 139 Å². The van der Waals surface area contributed by atoms with E-state index < -0.39 is 6.16 Å². The number of amides is 1. The molecule has 1 amide bonds. The average Bonchev–Trinajstić information content (AvgIpc) is 2.62. The molecule has 0 aromatic heterocycles. The number of hydrogen-bond donors (Lipinski definition) is 2. The lowest BCUT2D eigenvalue weighted by Crippen LogP contribution is -2.22. The highest BCUT2D eigenvalue weighted by atomic mass is 16.7. The lowest BCUT2D eigenvalue weighted by atomic mass is 10.0. The molecule has 6 nitrogen and oxygen atoms in total. The molecule has 0 bridgehead atoms. The summed E-state index contributed by atoms with van der Waals surface area (Å²) in [5.41, 5.74) is 3.25. The minimum absolute atomic E-state index is 0.182. The van der Waals surface area contributed by atoms with Crippen molar-refractivity contribution in [3.63, 3.8) is 0 Å². The molecule has 0 saturated carbocycles. The molecule has 122 valence electrons. The van der Waals surface area contributed by atoms with Crippen LogP contribution in [0.3, 0.4) is 0 Å². The highest BCUT2D eigenvalue weighted by Gasteiger charge is 2.15. The summed E-state index contributed by atoms with van der Waals surface area (Å²) in [6.45, 7) is 0.465. The molecule has 0 radical (unpaired) electrons. The molecule has 6 heteroatoms. The van der Waals surface area contributed by atoms with Gasteiger partial charge in [0.05, 0.1) is 7.11 Å². The van der Waals surface area contributed by atoms with Gasteiger partial charge in [0.25, 0.3) is 5.91 Å². The van der Waals surface area contributed by atoms with Crippen molar-refractivity contribution in [1.82, 2.24) is 0 Å². The zero-order chi connectivity index (χ0) is 16.9. The van der Waals surface area contributed by atoms with E-state index in [0.717, 1.165) is 11.3 Å². The van der Waals surface area contributed by atoms with Crippen LogP contribution in [0.2, 0.25) is 0 Å². The maximum Gasteiger partial charge on any atom is 0.513 e. The molecule has 2 aromatic rings. The topological polar surface area (TPSA) is 76.7 Å². The summed E-state index contributed by atoms with van der Waals surface area (Å²) in [6.07, 6.45) is 1.08. The van der Waals surface area contributed by atoms with E-state index in [2.05, 4.69) is 15.4 Å². The maximum atomic E-state index is 12.4. The Morgan fingerprint density at radius 3 is 2.58 bits per heavy atom. The average molecular weight is 324 g/mol. The highest BCUT2D eigenvalue weighted by Crippen LogP contribution is 2.24. The summed E-state index contributed by atoms with van der Waals surface area (Å²) in [5, 5.41) is 6.03. The van der Waals surface area contributed by atoms with Crippen LogP contribution < -0.4 is 15.4 Å². The Kier molecular flexibility index (Phi) is 4.47. The van der Waals surface area contributed by atoms with Crippen molar-refractivity contribution in [3.8, 4) is 5.75 Å². The van der Waals surface area contributed by atoms with Gasteiger partial charge in [0.2, 0.25) is 0 Å². The number of para-hydroxylation sites is 1. The van der Waals surface area contributed by atoms with E-state index in [1.807, 2.05) is 30.3 Å². The first-order valence-electron chi connectivity index (χ1n) is 7.36. The van der Waals surface area contributed by atoms with Crippen molar-refractivity contribution in [2.24, 2.45) is 0 Å². The van der Waals surface area contributed by atoms with Crippen LogP contribution in [0.25, 0.3) is 6.08 Å². The Bertz CT molecular complexity index is 797. The number of hydrogen-bond acceptors (Lipinski definition) is 5. The summed E-state index contributed by atoms with van der Waals surface area (Å²) in [5.74, 6) is 0.158. The van der Waals surface area contributed by atoms with Crippen LogP contribution in [0.1, 0.15) is 5.56 Å². The van der Waals surface area contributed by atoms with Gasteiger partial charge in [0.15, 0.2) is 0 Å². The normalized spacial score (nSPS) is 12.3. The molecule has 24 heavy (non-hydrogen) atoms. The fraction of sp³-hybridized carbons (Fsp3) is 0.111. The third-order valence-electron chi connectivity index (χ3n) is 3.53. The van der Waals surface area contributed by atoms with E-state index in [4.69, 9.17) is 4.74 Å². The summed E-state index contributed by atoms with van der Waals surface area (Å²) in [6, 6.07) is 14.3. The number of ether oxygens (including phenoxy) is 2. The Morgan fingerprint density at radius 2 is 1.83 bits per heavy atom. The summed E-state index contributed by atoms with van der Waals surface area (Å²) >= 11 is 0. The molecule has 3 rings (SSSR count). The molecular weight excluding hydrogens is 308 g/mol. The Morgan fingerprint density at radius 1 is 1.08 bits per heavy atom. The first-order valence-corrected chi connectivity index (χ1v) is 7.36. The molecule has 0 fully saturated rings. The number of methoxy groups -OCH3 is 1. The van der Waals surface area contributed by atoms with Gasteiger partial charge >= 0.3 is 6.16 Å². The number of benzene rings is 2. The number of anilines is 2. The minimum Gasteiger partial charge on any atom is -0.437 e. The zero-order valence-corrected chi connectivity index (χ0v) is 13.0. The lowest BCUT2D eigenvalue weighted by molar-refractivity contribution is -0.112. The predicted molar refractivity (Wildman–Crippen MR) is 91.0 cm³/mol. The second-order valence-electron chi connectivity index (χ2n) is 5.15. The Hall–Kier alpha value is -3.28. The first kappa shape index (κ1) is 15.6.